The van der Waals surface area contributed by atoms with Crippen LogP contribution in [0.4, 0.5) is 0 Å². The quantitative estimate of drug-likeness (QED) is 0.688. The van der Waals surface area contributed by atoms with Gasteiger partial charge in [0.2, 0.25) is 10.0 Å². The van der Waals surface area contributed by atoms with Crippen LogP contribution in [0.3, 0.4) is 0 Å². The van der Waals surface area contributed by atoms with Crippen LogP contribution in [0.25, 0.3) is 0 Å². The third kappa shape index (κ3) is 5.04. The number of piperazine rings is 1. The Balaban J connectivity index is 1.63. The van der Waals surface area contributed by atoms with Crippen LogP contribution in [-0.4, -0.2) is 55.8 Å². The van der Waals surface area contributed by atoms with E-state index in [2.05, 4.69) is 0 Å². The molecule has 0 radical (unpaired) electrons. The van der Waals surface area contributed by atoms with E-state index in [4.69, 9.17) is 27.9 Å². The Bertz CT molecular complexity index is 1010. The molecule has 9 heteroatoms. The minimum atomic E-state index is -3.79. The lowest BCUT2D eigenvalue weighted by molar-refractivity contribution is -0.139. The first-order chi connectivity index (χ1) is 13.7. The van der Waals surface area contributed by atoms with Crippen molar-refractivity contribution in [3.63, 3.8) is 0 Å². The summed E-state index contributed by atoms with van der Waals surface area (Å²) in [5.74, 6) is 0.451. The van der Waals surface area contributed by atoms with Crippen molar-refractivity contribution in [1.82, 2.24) is 9.21 Å². The fourth-order valence-corrected chi connectivity index (χ4v) is 5.32. The van der Waals surface area contributed by atoms with Gasteiger partial charge in [-0.3, -0.25) is 4.79 Å². The van der Waals surface area contributed by atoms with Crippen LogP contribution in [0, 0.1) is 6.92 Å². The normalized spacial score (nSPS) is 16.5. The molecule has 1 amide bonds. The first kappa shape index (κ1) is 21.9. The molecule has 6 nitrogen and oxygen atoms in total. The van der Waals surface area contributed by atoms with Crippen molar-refractivity contribution in [2.24, 2.45) is 0 Å². The maximum atomic E-state index is 12.9. The van der Waals surface area contributed by atoms with Crippen molar-refractivity contribution in [3.05, 3.63) is 58.1 Å². The molecule has 0 bridgehead atoms. The summed E-state index contributed by atoms with van der Waals surface area (Å²) in [4.78, 5) is 14.3. The van der Waals surface area contributed by atoms with E-state index in [9.17, 15) is 13.2 Å². The van der Waals surface area contributed by atoms with Crippen LogP contribution < -0.4 is 4.74 Å². The number of ether oxygens (including phenoxy) is 1. The van der Waals surface area contributed by atoms with E-state index in [-0.39, 0.29) is 42.0 Å². The zero-order valence-corrected chi connectivity index (χ0v) is 18.5. The molecule has 1 aliphatic rings. The Morgan fingerprint density at radius 1 is 1.07 bits per heavy atom. The number of benzene rings is 2. The zero-order chi connectivity index (χ0) is 21.2. The number of sulfonamides is 1. The van der Waals surface area contributed by atoms with Crippen LogP contribution in [-0.2, 0) is 14.8 Å². The number of hydrogen-bond donors (Lipinski definition) is 0. The van der Waals surface area contributed by atoms with Gasteiger partial charge in [0.1, 0.15) is 10.6 Å². The number of nitrogens with zero attached hydrogens (tertiary/aromatic N) is 2. The summed E-state index contributed by atoms with van der Waals surface area (Å²) in [5.41, 5.74) is 1.04. The van der Waals surface area contributed by atoms with Gasteiger partial charge in [0.25, 0.3) is 5.91 Å². The van der Waals surface area contributed by atoms with Crippen LogP contribution >= 0.6 is 23.2 Å². The average Bonchev–Trinajstić information content (AvgIpc) is 2.69. The minimum absolute atomic E-state index is 0.0254. The largest absolute Gasteiger partial charge is 0.481 e. The highest BCUT2D eigenvalue weighted by Gasteiger charge is 2.33. The molecule has 0 aromatic heterocycles. The summed E-state index contributed by atoms with van der Waals surface area (Å²) in [6.07, 6.45) is -0.665. The van der Waals surface area contributed by atoms with Gasteiger partial charge in [-0.25, -0.2) is 8.42 Å². The van der Waals surface area contributed by atoms with Gasteiger partial charge in [0, 0.05) is 31.2 Å². The number of carbonyl (C=O) groups is 1. The second-order valence-corrected chi connectivity index (χ2v) is 9.63. The van der Waals surface area contributed by atoms with E-state index in [1.165, 1.54) is 22.5 Å². The number of halogens is 2. The topological polar surface area (TPSA) is 66.9 Å². The Morgan fingerprint density at radius 3 is 2.41 bits per heavy atom. The summed E-state index contributed by atoms with van der Waals surface area (Å²) >= 11 is 12.0. The van der Waals surface area contributed by atoms with Crippen molar-refractivity contribution >= 4 is 39.1 Å². The van der Waals surface area contributed by atoms with E-state index in [0.717, 1.165) is 5.56 Å². The van der Waals surface area contributed by atoms with Crippen molar-refractivity contribution in [2.75, 3.05) is 26.2 Å². The number of hydrogen-bond acceptors (Lipinski definition) is 4. The number of aryl methyl sites for hydroxylation is 1. The summed E-state index contributed by atoms with van der Waals surface area (Å²) in [7, 11) is -3.79. The highest BCUT2D eigenvalue weighted by Crippen LogP contribution is 2.28. The third-order valence-electron chi connectivity index (χ3n) is 4.71. The molecule has 0 unspecified atom stereocenters. The van der Waals surface area contributed by atoms with Crippen LogP contribution in [0.1, 0.15) is 12.5 Å². The summed E-state index contributed by atoms with van der Waals surface area (Å²) < 4.78 is 32.9. The standard InChI is InChI=1S/C20H22Cl2N2O4S/c1-14-4-3-5-17(12-14)28-15(2)20(25)23-8-10-24(11-9-23)29(26,27)19-13-16(21)6-7-18(19)22/h3-7,12-13,15H,8-11H2,1-2H3/t15-/m0/s1. The molecule has 1 saturated heterocycles. The maximum Gasteiger partial charge on any atom is 0.263 e. The van der Waals surface area contributed by atoms with Crippen molar-refractivity contribution in [1.29, 1.82) is 0 Å². The van der Waals surface area contributed by atoms with Crippen molar-refractivity contribution < 1.29 is 17.9 Å². The zero-order valence-electron chi connectivity index (χ0n) is 16.1. The van der Waals surface area contributed by atoms with Crippen LogP contribution in [0.2, 0.25) is 10.0 Å². The molecular formula is C20H22Cl2N2O4S. The molecule has 1 heterocycles. The van der Waals surface area contributed by atoms with E-state index < -0.39 is 16.1 Å². The fourth-order valence-electron chi connectivity index (χ4n) is 3.16. The van der Waals surface area contributed by atoms with Crippen LogP contribution in [0.5, 0.6) is 5.75 Å². The molecule has 0 spiro atoms. The number of rotatable bonds is 5. The predicted molar refractivity (Wildman–Crippen MR) is 113 cm³/mol. The smallest absolute Gasteiger partial charge is 0.263 e. The fraction of sp³-hybridized carbons (Fsp3) is 0.350. The lowest BCUT2D eigenvalue weighted by atomic mass is 10.2. The van der Waals surface area contributed by atoms with E-state index in [1.807, 2.05) is 25.1 Å². The Hall–Kier alpha value is -1.80. The number of amides is 1. The van der Waals surface area contributed by atoms with Gasteiger partial charge in [-0.05, 0) is 49.7 Å². The highest BCUT2D eigenvalue weighted by molar-refractivity contribution is 7.89. The molecule has 156 valence electrons. The molecule has 0 N–H and O–H groups in total. The van der Waals surface area contributed by atoms with Gasteiger partial charge in [0.05, 0.1) is 5.02 Å². The average molecular weight is 457 g/mol. The summed E-state index contributed by atoms with van der Waals surface area (Å²) in [5, 5.41) is 0.414. The summed E-state index contributed by atoms with van der Waals surface area (Å²) in [6.45, 7) is 4.54. The molecular weight excluding hydrogens is 435 g/mol. The second-order valence-electron chi connectivity index (χ2n) is 6.88. The van der Waals surface area contributed by atoms with E-state index in [1.54, 1.807) is 17.9 Å². The number of carbonyl (C=O) groups excluding carboxylic acids is 1. The van der Waals surface area contributed by atoms with Gasteiger partial charge < -0.3 is 9.64 Å². The van der Waals surface area contributed by atoms with Gasteiger partial charge in [-0.1, -0.05) is 35.3 Å². The summed E-state index contributed by atoms with van der Waals surface area (Å²) in [6, 6.07) is 11.8. The first-order valence-corrected chi connectivity index (χ1v) is 11.4. The molecule has 29 heavy (non-hydrogen) atoms. The predicted octanol–water partition coefficient (Wildman–Crippen LogP) is 3.60. The second kappa shape index (κ2) is 8.92. The maximum absolute atomic E-state index is 12.9. The Morgan fingerprint density at radius 2 is 1.76 bits per heavy atom. The molecule has 0 aliphatic carbocycles. The third-order valence-corrected chi connectivity index (χ3v) is 7.33. The van der Waals surface area contributed by atoms with Crippen molar-refractivity contribution in [3.8, 4) is 5.75 Å². The highest BCUT2D eigenvalue weighted by atomic mass is 35.5. The molecule has 1 fully saturated rings. The molecule has 2 aromatic rings. The molecule has 0 saturated carbocycles. The van der Waals surface area contributed by atoms with Gasteiger partial charge in [0.15, 0.2) is 6.10 Å². The lowest BCUT2D eigenvalue weighted by Gasteiger charge is -2.35. The Labute approximate surface area is 181 Å². The molecule has 2 aromatic carbocycles. The van der Waals surface area contributed by atoms with Gasteiger partial charge in [-0.2, -0.15) is 4.31 Å². The van der Waals surface area contributed by atoms with Gasteiger partial charge in [-0.15, -0.1) is 0 Å². The monoisotopic (exact) mass is 456 g/mol. The lowest BCUT2D eigenvalue weighted by Crippen LogP contribution is -2.53. The van der Waals surface area contributed by atoms with E-state index >= 15 is 0 Å². The first-order valence-electron chi connectivity index (χ1n) is 9.16. The minimum Gasteiger partial charge on any atom is -0.481 e. The Kier molecular flexibility index (Phi) is 6.73. The van der Waals surface area contributed by atoms with Crippen LogP contribution in [0.15, 0.2) is 47.4 Å². The van der Waals surface area contributed by atoms with Crippen molar-refractivity contribution in [2.45, 2.75) is 24.8 Å². The SMILES string of the molecule is Cc1cccc(O[C@@H](C)C(=O)N2CCN(S(=O)(=O)c3cc(Cl)ccc3Cl)CC2)c1. The van der Waals surface area contributed by atoms with Gasteiger partial charge >= 0.3 is 0 Å². The molecule has 3 rings (SSSR count). The van der Waals surface area contributed by atoms with E-state index in [0.29, 0.717) is 10.8 Å². The molecule has 1 aliphatic heterocycles. The molecule has 1 atom stereocenters.